The van der Waals surface area contributed by atoms with Gasteiger partial charge < -0.3 is 10.1 Å². The van der Waals surface area contributed by atoms with Crippen molar-refractivity contribution in [2.24, 2.45) is 0 Å². The summed E-state index contributed by atoms with van der Waals surface area (Å²) in [6.45, 7) is 2.09. The van der Waals surface area contributed by atoms with Crippen LogP contribution in [0.1, 0.15) is 29.3 Å². The number of esters is 1. The van der Waals surface area contributed by atoms with Gasteiger partial charge in [-0.1, -0.05) is 48.7 Å². The van der Waals surface area contributed by atoms with Crippen LogP contribution in [0.15, 0.2) is 77.5 Å². The first-order valence-electron chi connectivity index (χ1n) is 10.7. The molecule has 3 aromatic carbocycles. The van der Waals surface area contributed by atoms with E-state index in [0.29, 0.717) is 17.0 Å². The number of aryl methyl sites for hydroxylation is 1. The first-order valence-corrected chi connectivity index (χ1v) is 11.5. The number of hydrogen-bond acceptors (Lipinski definition) is 5. The van der Waals surface area contributed by atoms with Gasteiger partial charge in [0.25, 0.3) is 11.8 Å². The molecule has 9 heteroatoms. The molecule has 0 saturated carbocycles. The maximum atomic E-state index is 13.5. The monoisotopic (exact) mass is 512 g/mol. The molecule has 1 heterocycles. The summed E-state index contributed by atoms with van der Waals surface area (Å²) in [6, 6.07) is 16.9. The Morgan fingerprint density at radius 1 is 0.971 bits per heavy atom. The number of nitrogens with zero attached hydrogens (tertiary/aromatic N) is 1. The number of imide groups is 1. The van der Waals surface area contributed by atoms with Gasteiger partial charge in [-0.25, -0.2) is 14.1 Å². The van der Waals surface area contributed by atoms with Gasteiger partial charge in [-0.05, 0) is 66.6 Å². The van der Waals surface area contributed by atoms with Gasteiger partial charge in [-0.15, -0.1) is 0 Å². The minimum Gasteiger partial charge on any atom is -0.423 e. The number of rotatable bonds is 7. The minimum atomic E-state index is -0.771. The van der Waals surface area contributed by atoms with Gasteiger partial charge >= 0.3 is 5.97 Å². The summed E-state index contributed by atoms with van der Waals surface area (Å²) < 4.78 is 18.9. The summed E-state index contributed by atoms with van der Waals surface area (Å²) >= 11 is 11.9. The zero-order valence-electron chi connectivity index (χ0n) is 18.5. The van der Waals surface area contributed by atoms with Crippen LogP contribution in [0.25, 0.3) is 0 Å². The van der Waals surface area contributed by atoms with Gasteiger partial charge in [0.05, 0.1) is 16.3 Å². The lowest BCUT2D eigenvalue weighted by molar-refractivity contribution is -0.120. The molecule has 0 aromatic heterocycles. The van der Waals surface area contributed by atoms with Gasteiger partial charge in [0.2, 0.25) is 0 Å². The Labute approximate surface area is 210 Å². The largest absolute Gasteiger partial charge is 0.423 e. The summed E-state index contributed by atoms with van der Waals surface area (Å²) in [7, 11) is 0. The van der Waals surface area contributed by atoms with E-state index in [1.54, 1.807) is 24.3 Å². The fraction of sp³-hybridized carbons (Fsp3) is 0.115. The Bertz CT molecular complexity index is 1340. The minimum absolute atomic E-state index is 0.0853. The molecule has 4 rings (SSSR count). The maximum absolute atomic E-state index is 13.5. The second-order valence-corrected chi connectivity index (χ2v) is 8.50. The van der Waals surface area contributed by atoms with Crippen LogP contribution < -0.4 is 15.0 Å². The van der Waals surface area contributed by atoms with Gasteiger partial charge in [-0.3, -0.25) is 9.59 Å². The van der Waals surface area contributed by atoms with Crippen LogP contribution in [-0.2, 0) is 16.0 Å². The number of amides is 2. The van der Waals surface area contributed by atoms with Crippen molar-refractivity contribution in [2.45, 2.75) is 19.8 Å². The van der Waals surface area contributed by atoms with Crippen LogP contribution in [0.4, 0.5) is 15.8 Å². The Balaban J connectivity index is 1.45. The first kappa shape index (κ1) is 24.4. The van der Waals surface area contributed by atoms with E-state index in [2.05, 4.69) is 12.2 Å². The van der Waals surface area contributed by atoms with Crippen LogP contribution >= 0.6 is 23.2 Å². The smallest absolute Gasteiger partial charge is 0.343 e. The summed E-state index contributed by atoms with van der Waals surface area (Å²) in [5, 5.41) is 2.24. The molecule has 1 N–H and O–H groups in total. The van der Waals surface area contributed by atoms with E-state index < -0.39 is 23.6 Å². The van der Waals surface area contributed by atoms with E-state index in [0.717, 1.165) is 35.4 Å². The number of halogens is 3. The molecule has 0 fully saturated rings. The summed E-state index contributed by atoms with van der Waals surface area (Å²) in [5.74, 6) is -2.28. The van der Waals surface area contributed by atoms with E-state index in [1.165, 1.54) is 18.2 Å². The first-order chi connectivity index (χ1) is 16.8. The van der Waals surface area contributed by atoms with Crippen LogP contribution in [0, 0.1) is 5.82 Å². The van der Waals surface area contributed by atoms with Gasteiger partial charge in [-0.2, -0.15) is 0 Å². The average Bonchev–Trinajstić information content (AvgIpc) is 3.06. The second-order valence-electron chi connectivity index (χ2n) is 7.72. The fourth-order valence-corrected chi connectivity index (χ4v) is 3.87. The van der Waals surface area contributed by atoms with Crippen molar-refractivity contribution in [2.75, 3.05) is 10.2 Å². The molecular formula is C26H19Cl2FN2O4. The molecule has 35 heavy (non-hydrogen) atoms. The molecule has 1 aliphatic rings. The van der Waals surface area contributed by atoms with Crippen molar-refractivity contribution < 1.29 is 23.5 Å². The SMILES string of the molecule is CCCc1ccc(OC(=O)c2ccc(NC3=C(Cl)C(=O)N(c4ccc(F)c(Cl)c4)C3=O)cc2)cc1. The van der Waals surface area contributed by atoms with E-state index in [4.69, 9.17) is 27.9 Å². The quantitative estimate of drug-likeness (QED) is 0.235. The number of carbonyl (C=O) groups is 3. The molecule has 6 nitrogen and oxygen atoms in total. The lowest BCUT2D eigenvalue weighted by Gasteiger charge is -2.15. The van der Waals surface area contributed by atoms with Crippen LogP contribution in [0.5, 0.6) is 5.75 Å². The molecule has 0 aliphatic carbocycles. The van der Waals surface area contributed by atoms with Crippen LogP contribution in [-0.4, -0.2) is 17.8 Å². The third kappa shape index (κ3) is 5.21. The van der Waals surface area contributed by atoms with Crippen LogP contribution in [0.3, 0.4) is 0 Å². The number of nitrogens with one attached hydrogen (secondary N) is 1. The third-order valence-electron chi connectivity index (χ3n) is 5.25. The summed E-state index contributed by atoms with van der Waals surface area (Å²) in [4.78, 5) is 38.7. The average molecular weight is 513 g/mol. The standard InChI is InChI=1S/C26H19Cl2FN2O4/c1-2-3-15-4-11-19(12-5-15)35-26(34)16-6-8-17(9-7-16)30-23-22(28)24(32)31(25(23)33)18-10-13-21(29)20(27)14-18/h4-14,30H,2-3H2,1H3. The maximum Gasteiger partial charge on any atom is 0.343 e. The highest BCUT2D eigenvalue weighted by Crippen LogP contribution is 2.32. The summed E-state index contributed by atoms with van der Waals surface area (Å²) in [6.07, 6.45) is 1.98. The molecule has 2 amide bonds. The normalized spacial score (nSPS) is 13.4. The van der Waals surface area contributed by atoms with E-state index in [9.17, 15) is 18.8 Å². The molecule has 0 saturated heterocycles. The van der Waals surface area contributed by atoms with Crippen molar-refractivity contribution in [1.29, 1.82) is 0 Å². The van der Waals surface area contributed by atoms with Gasteiger partial charge in [0.1, 0.15) is 22.3 Å². The third-order valence-corrected chi connectivity index (χ3v) is 5.89. The second kappa shape index (κ2) is 10.3. The topological polar surface area (TPSA) is 75.7 Å². The molecular weight excluding hydrogens is 494 g/mol. The zero-order valence-corrected chi connectivity index (χ0v) is 20.0. The highest BCUT2D eigenvalue weighted by atomic mass is 35.5. The van der Waals surface area contributed by atoms with Crippen molar-refractivity contribution in [3.63, 3.8) is 0 Å². The zero-order chi connectivity index (χ0) is 25.1. The number of anilines is 2. The molecule has 0 spiro atoms. The van der Waals surface area contributed by atoms with E-state index in [-0.39, 0.29) is 21.4 Å². The summed E-state index contributed by atoms with van der Waals surface area (Å²) in [5.41, 5.74) is 1.81. The molecule has 0 radical (unpaired) electrons. The highest BCUT2D eigenvalue weighted by molar-refractivity contribution is 6.53. The van der Waals surface area contributed by atoms with Crippen molar-refractivity contribution in [3.05, 3.63) is 99.4 Å². The Morgan fingerprint density at radius 2 is 1.66 bits per heavy atom. The molecule has 3 aromatic rings. The predicted molar refractivity (Wildman–Crippen MR) is 132 cm³/mol. The lowest BCUT2D eigenvalue weighted by atomic mass is 10.1. The van der Waals surface area contributed by atoms with Crippen LogP contribution in [0.2, 0.25) is 5.02 Å². The van der Waals surface area contributed by atoms with Gasteiger partial charge in [0.15, 0.2) is 0 Å². The van der Waals surface area contributed by atoms with E-state index >= 15 is 0 Å². The molecule has 0 atom stereocenters. The predicted octanol–water partition coefficient (Wildman–Crippen LogP) is 6.09. The number of ether oxygens (including phenoxy) is 1. The van der Waals surface area contributed by atoms with Crippen molar-refractivity contribution >= 4 is 52.4 Å². The Hall–Kier alpha value is -3.68. The van der Waals surface area contributed by atoms with Crippen molar-refractivity contribution in [3.8, 4) is 5.75 Å². The highest BCUT2D eigenvalue weighted by Gasteiger charge is 2.39. The lowest BCUT2D eigenvalue weighted by Crippen LogP contribution is -2.32. The fourth-order valence-electron chi connectivity index (χ4n) is 3.48. The van der Waals surface area contributed by atoms with Crippen molar-refractivity contribution in [1.82, 2.24) is 0 Å². The molecule has 0 bridgehead atoms. The molecule has 0 unspecified atom stereocenters. The molecule has 1 aliphatic heterocycles. The number of carbonyl (C=O) groups excluding carboxylic acids is 3. The Kier molecular flexibility index (Phi) is 7.19. The number of benzene rings is 3. The molecule has 178 valence electrons. The van der Waals surface area contributed by atoms with Gasteiger partial charge in [0, 0.05) is 5.69 Å². The number of hydrogen-bond donors (Lipinski definition) is 1. The Morgan fingerprint density at radius 3 is 2.29 bits per heavy atom. The van der Waals surface area contributed by atoms with E-state index in [1.807, 2.05) is 12.1 Å².